The number of rotatable bonds is 15. The van der Waals surface area contributed by atoms with E-state index in [1.807, 2.05) is 6.26 Å². The quantitative estimate of drug-likeness (QED) is 0.141. The zero-order chi connectivity index (χ0) is 27.3. The van der Waals surface area contributed by atoms with Gasteiger partial charge >= 0.3 is 0 Å². The van der Waals surface area contributed by atoms with Crippen LogP contribution in [0.5, 0.6) is 5.75 Å². The fourth-order valence-electron chi connectivity index (χ4n) is 3.09. The zero-order valence-electron chi connectivity index (χ0n) is 20.7. The van der Waals surface area contributed by atoms with Crippen LogP contribution in [-0.2, 0) is 30.4 Å². The topological polar surface area (TPSA) is 206 Å². The molecule has 0 fully saturated rings. The number of primary amides is 1. The minimum atomic E-state index is -0.917. The minimum absolute atomic E-state index is 0.0964. The second kappa shape index (κ2) is 15.6. The molecule has 0 spiro atoms. The first-order valence-electron chi connectivity index (χ1n) is 11.4. The van der Waals surface area contributed by atoms with Gasteiger partial charge in [-0.3, -0.25) is 24.0 Å². The molecule has 0 saturated carbocycles. The van der Waals surface area contributed by atoms with Crippen LogP contribution in [0.1, 0.15) is 25.8 Å². The maximum atomic E-state index is 12.6. The van der Waals surface area contributed by atoms with Crippen LogP contribution in [0.25, 0.3) is 0 Å². The van der Waals surface area contributed by atoms with Crippen molar-refractivity contribution in [2.75, 3.05) is 25.1 Å². The van der Waals surface area contributed by atoms with Gasteiger partial charge in [0.05, 0.1) is 19.1 Å². The van der Waals surface area contributed by atoms with Gasteiger partial charge in [-0.25, -0.2) is 0 Å². The summed E-state index contributed by atoms with van der Waals surface area (Å²) in [5.74, 6) is -2.56. The second-order valence-corrected chi connectivity index (χ2v) is 9.49. The number of thioether (sulfide) groups is 1. The van der Waals surface area contributed by atoms with Crippen molar-refractivity contribution in [2.24, 2.45) is 17.4 Å². The van der Waals surface area contributed by atoms with Gasteiger partial charge in [0.1, 0.15) is 17.8 Å². The molecule has 5 amide bonds. The van der Waals surface area contributed by atoms with Gasteiger partial charge in [-0.1, -0.05) is 26.0 Å². The molecular weight excluding hydrogens is 488 g/mol. The molecule has 9 N–H and O–H groups in total. The summed E-state index contributed by atoms with van der Waals surface area (Å²) in [6.07, 6.45) is 2.37. The van der Waals surface area contributed by atoms with E-state index in [1.165, 1.54) is 23.9 Å². The number of phenols is 1. The number of amides is 5. The highest BCUT2D eigenvalue weighted by atomic mass is 32.2. The van der Waals surface area contributed by atoms with Crippen molar-refractivity contribution in [1.29, 1.82) is 0 Å². The molecule has 0 aliphatic heterocycles. The normalized spacial score (nSPS) is 13.2. The average Bonchev–Trinajstić information content (AvgIpc) is 2.82. The van der Waals surface area contributed by atoms with Gasteiger partial charge in [0.2, 0.25) is 29.5 Å². The molecule has 0 aromatic heterocycles. The highest BCUT2D eigenvalue weighted by molar-refractivity contribution is 7.98. The Balaban J connectivity index is 2.50. The van der Waals surface area contributed by atoms with E-state index >= 15 is 0 Å². The van der Waals surface area contributed by atoms with Gasteiger partial charge < -0.3 is 37.8 Å². The van der Waals surface area contributed by atoms with Crippen molar-refractivity contribution >= 4 is 41.3 Å². The highest BCUT2D eigenvalue weighted by Gasteiger charge is 2.27. The molecule has 3 atom stereocenters. The standard InChI is InChI=1S/C23H36N6O6S/c1-13(2)20(21(25)33)29-23(35)17(8-9-36-3)28-19(32)12-26-18(31)11-27-22(34)16(24)10-14-4-6-15(30)7-5-14/h4-7,13,16-17,20,30H,8-12,24H2,1-3H3,(H2,25,33)(H,26,31)(H,27,34)(H,28,32)(H,29,35)/t16-,17-,20-/m0/s1. The number of carbonyl (C=O) groups is 5. The Morgan fingerprint density at radius 1 is 0.944 bits per heavy atom. The third-order valence-electron chi connectivity index (χ3n) is 5.13. The third-order valence-corrected chi connectivity index (χ3v) is 5.78. The molecule has 0 heterocycles. The van der Waals surface area contributed by atoms with Crippen LogP contribution in [0, 0.1) is 5.92 Å². The third kappa shape index (κ3) is 11.4. The Kier molecular flexibility index (Phi) is 13.3. The zero-order valence-corrected chi connectivity index (χ0v) is 21.5. The number of phenolic OH excluding ortho intramolecular Hbond substituents is 1. The SMILES string of the molecule is CSCC[C@H](NC(=O)CNC(=O)CNC(=O)[C@@H](N)Cc1ccc(O)cc1)C(=O)N[C@H](C(N)=O)C(C)C. The number of benzene rings is 1. The van der Waals surface area contributed by atoms with Gasteiger partial charge in [0.25, 0.3) is 0 Å². The summed E-state index contributed by atoms with van der Waals surface area (Å²) in [5, 5.41) is 19.2. The first kappa shape index (κ1) is 30.7. The molecule has 200 valence electrons. The van der Waals surface area contributed by atoms with E-state index in [4.69, 9.17) is 11.5 Å². The van der Waals surface area contributed by atoms with Crippen LogP contribution in [0.2, 0.25) is 0 Å². The van der Waals surface area contributed by atoms with E-state index in [1.54, 1.807) is 26.0 Å². The Morgan fingerprint density at radius 2 is 1.56 bits per heavy atom. The van der Waals surface area contributed by atoms with Crippen molar-refractivity contribution in [1.82, 2.24) is 21.3 Å². The molecular formula is C23H36N6O6S. The first-order chi connectivity index (χ1) is 16.9. The molecule has 1 rings (SSSR count). The van der Waals surface area contributed by atoms with Gasteiger partial charge in [-0.05, 0) is 48.5 Å². The average molecular weight is 525 g/mol. The number of hydrogen-bond donors (Lipinski definition) is 7. The summed E-state index contributed by atoms with van der Waals surface area (Å²) in [4.78, 5) is 60.7. The van der Waals surface area contributed by atoms with E-state index in [0.29, 0.717) is 12.2 Å². The van der Waals surface area contributed by atoms with Crippen LogP contribution in [0.3, 0.4) is 0 Å². The first-order valence-corrected chi connectivity index (χ1v) is 12.8. The molecule has 13 heteroatoms. The van der Waals surface area contributed by atoms with Crippen molar-refractivity contribution in [3.8, 4) is 5.75 Å². The number of nitrogens with two attached hydrogens (primary N) is 2. The summed E-state index contributed by atoms with van der Waals surface area (Å²) >= 11 is 1.48. The smallest absolute Gasteiger partial charge is 0.243 e. The largest absolute Gasteiger partial charge is 0.508 e. The number of nitrogens with one attached hydrogen (secondary N) is 4. The van der Waals surface area contributed by atoms with Crippen molar-refractivity contribution in [3.63, 3.8) is 0 Å². The monoisotopic (exact) mass is 524 g/mol. The van der Waals surface area contributed by atoms with Gasteiger partial charge in [-0.2, -0.15) is 11.8 Å². The van der Waals surface area contributed by atoms with Crippen LogP contribution in [-0.4, -0.2) is 77.9 Å². The van der Waals surface area contributed by atoms with Gasteiger partial charge in [-0.15, -0.1) is 0 Å². The van der Waals surface area contributed by atoms with Crippen molar-refractivity contribution in [3.05, 3.63) is 29.8 Å². The van der Waals surface area contributed by atoms with Crippen LogP contribution in [0.4, 0.5) is 0 Å². The van der Waals surface area contributed by atoms with Gasteiger partial charge in [0.15, 0.2) is 0 Å². The number of carbonyl (C=O) groups excluding carboxylic acids is 5. The predicted molar refractivity (Wildman–Crippen MR) is 137 cm³/mol. The lowest BCUT2D eigenvalue weighted by molar-refractivity contribution is -0.132. The molecule has 0 saturated heterocycles. The van der Waals surface area contributed by atoms with E-state index in [9.17, 15) is 29.1 Å². The summed E-state index contributed by atoms with van der Waals surface area (Å²) in [6, 6.07) is 3.53. The molecule has 1 aromatic carbocycles. The maximum absolute atomic E-state index is 12.6. The summed E-state index contributed by atoms with van der Waals surface area (Å²) in [6.45, 7) is 2.67. The molecule has 1 aromatic rings. The van der Waals surface area contributed by atoms with Crippen LogP contribution < -0.4 is 32.7 Å². The van der Waals surface area contributed by atoms with Gasteiger partial charge in [0, 0.05) is 0 Å². The molecule has 0 aliphatic rings. The fraction of sp³-hybridized carbons (Fsp3) is 0.522. The predicted octanol–water partition coefficient (Wildman–Crippen LogP) is -1.64. The lowest BCUT2D eigenvalue weighted by Crippen LogP contribution is -2.55. The lowest BCUT2D eigenvalue weighted by Gasteiger charge is -2.23. The molecule has 0 aliphatic carbocycles. The Hall–Kier alpha value is -3.32. The molecule has 0 bridgehead atoms. The minimum Gasteiger partial charge on any atom is -0.508 e. The second-order valence-electron chi connectivity index (χ2n) is 8.51. The van der Waals surface area contributed by atoms with E-state index in [-0.39, 0.29) is 24.6 Å². The maximum Gasteiger partial charge on any atom is 0.243 e. The number of hydrogen-bond acceptors (Lipinski definition) is 8. The molecule has 36 heavy (non-hydrogen) atoms. The Labute approximate surface area is 214 Å². The van der Waals surface area contributed by atoms with E-state index < -0.39 is 54.2 Å². The van der Waals surface area contributed by atoms with Crippen molar-refractivity contribution < 1.29 is 29.1 Å². The summed E-state index contributed by atoms with van der Waals surface area (Å²) in [5.41, 5.74) is 11.9. The van der Waals surface area contributed by atoms with E-state index in [0.717, 1.165) is 5.56 Å². The Morgan fingerprint density at radius 3 is 2.11 bits per heavy atom. The highest BCUT2D eigenvalue weighted by Crippen LogP contribution is 2.11. The van der Waals surface area contributed by atoms with Crippen LogP contribution >= 0.6 is 11.8 Å². The van der Waals surface area contributed by atoms with Crippen LogP contribution in [0.15, 0.2) is 24.3 Å². The summed E-state index contributed by atoms with van der Waals surface area (Å²) < 4.78 is 0. The summed E-state index contributed by atoms with van der Waals surface area (Å²) in [7, 11) is 0. The Bertz CT molecular complexity index is 911. The molecule has 0 radical (unpaired) electrons. The molecule has 12 nitrogen and oxygen atoms in total. The van der Waals surface area contributed by atoms with Crippen molar-refractivity contribution in [2.45, 2.75) is 44.8 Å². The molecule has 0 unspecified atom stereocenters. The number of aromatic hydroxyl groups is 1. The van der Waals surface area contributed by atoms with E-state index in [2.05, 4.69) is 21.3 Å². The lowest BCUT2D eigenvalue weighted by atomic mass is 10.0. The fourth-order valence-corrected chi connectivity index (χ4v) is 3.56.